The molecule has 2 heterocycles. The van der Waals surface area contributed by atoms with E-state index in [4.69, 9.17) is 0 Å². The number of aromatic nitrogens is 3. The second-order valence-corrected chi connectivity index (χ2v) is 6.26. The molecule has 0 aliphatic carbocycles. The second-order valence-electron chi connectivity index (χ2n) is 6.26. The van der Waals surface area contributed by atoms with Gasteiger partial charge in [-0.05, 0) is 38.0 Å². The molecule has 0 radical (unpaired) electrons. The maximum absolute atomic E-state index is 4.67. The Hall–Kier alpha value is -2.16. The fraction of sp³-hybridized carbons (Fsp3) is 0.350. The predicted octanol–water partition coefficient (Wildman–Crippen LogP) is 3.34. The number of aryl methyl sites for hydroxylation is 2. The Morgan fingerprint density at radius 2 is 2.00 bits per heavy atom. The van der Waals surface area contributed by atoms with Gasteiger partial charge in [-0.2, -0.15) is 0 Å². The lowest BCUT2D eigenvalue weighted by atomic mass is 10.1. The number of hydrogen-bond acceptors (Lipinski definition) is 3. The number of hydrogen-bond donors (Lipinski definition) is 2. The molecule has 0 fully saturated rings. The van der Waals surface area contributed by atoms with Crippen LogP contribution in [-0.2, 0) is 13.0 Å². The third-order valence-electron chi connectivity index (χ3n) is 4.10. The van der Waals surface area contributed by atoms with E-state index in [9.17, 15) is 0 Å². The van der Waals surface area contributed by atoms with Crippen molar-refractivity contribution in [3.05, 3.63) is 65.6 Å². The summed E-state index contributed by atoms with van der Waals surface area (Å²) in [5.41, 5.74) is 3.37. The van der Waals surface area contributed by atoms with Crippen molar-refractivity contribution in [3.63, 3.8) is 0 Å². The molecule has 3 aromatic rings. The SMILES string of the molecule is CCNC(=NCc1cccc(C)c1)NCCCc1nnc2ccccn12.I. The third-order valence-corrected chi connectivity index (χ3v) is 4.10. The highest BCUT2D eigenvalue weighted by molar-refractivity contribution is 14.0. The van der Waals surface area contributed by atoms with Gasteiger partial charge in [0.05, 0.1) is 6.54 Å². The number of guanidine groups is 1. The molecule has 27 heavy (non-hydrogen) atoms. The van der Waals surface area contributed by atoms with Gasteiger partial charge in [0.1, 0.15) is 5.82 Å². The van der Waals surface area contributed by atoms with Gasteiger partial charge in [0.15, 0.2) is 11.6 Å². The predicted molar refractivity (Wildman–Crippen MR) is 121 cm³/mol. The molecule has 0 spiro atoms. The smallest absolute Gasteiger partial charge is 0.191 e. The summed E-state index contributed by atoms with van der Waals surface area (Å²) in [7, 11) is 0. The molecular formula is C20H27IN6. The van der Waals surface area contributed by atoms with E-state index in [-0.39, 0.29) is 24.0 Å². The third kappa shape index (κ3) is 6.20. The normalized spacial score (nSPS) is 11.3. The zero-order valence-electron chi connectivity index (χ0n) is 15.9. The van der Waals surface area contributed by atoms with Crippen LogP contribution in [0.4, 0.5) is 0 Å². The van der Waals surface area contributed by atoms with Crippen molar-refractivity contribution in [1.29, 1.82) is 0 Å². The van der Waals surface area contributed by atoms with Crippen molar-refractivity contribution in [2.24, 2.45) is 4.99 Å². The van der Waals surface area contributed by atoms with E-state index >= 15 is 0 Å². The van der Waals surface area contributed by atoms with Crippen LogP contribution in [0.3, 0.4) is 0 Å². The molecule has 0 bridgehead atoms. The topological polar surface area (TPSA) is 66.6 Å². The molecule has 1 aromatic carbocycles. The van der Waals surface area contributed by atoms with E-state index in [2.05, 4.69) is 63.9 Å². The maximum Gasteiger partial charge on any atom is 0.191 e. The summed E-state index contributed by atoms with van der Waals surface area (Å²) >= 11 is 0. The van der Waals surface area contributed by atoms with Crippen molar-refractivity contribution >= 4 is 35.6 Å². The van der Waals surface area contributed by atoms with Gasteiger partial charge in [-0.3, -0.25) is 4.40 Å². The average Bonchev–Trinajstić information content (AvgIpc) is 3.06. The minimum Gasteiger partial charge on any atom is -0.357 e. The van der Waals surface area contributed by atoms with Gasteiger partial charge >= 0.3 is 0 Å². The monoisotopic (exact) mass is 478 g/mol. The quantitative estimate of drug-likeness (QED) is 0.237. The molecule has 3 rings (SSSR count). The Morgan fingerprint density at radius 3 is 2.81 bits per heavy atom. The molecule has 0 saturated heterocycles. The molecule has 0 atom stereocenters. The lowest BCUT2D eigenvalue weighted by molar-refractivity contribution is 0.715. The summed E-state index contributed by atoms with van der Waals surface area (Å²) in [5.74, 6) is 1.84. The Morgan fingerprint density at radius 1 is 1.11 bits per heavy atom. The van der Waals surface area contributed by atoms with Gasteiger partial charge in [-0.1, -0.05) is 35.9 Å². The van der Waals surface area contributed by atoms with Crippen molar-refractivity contribution < 1.29 is 0 Å². The van der Waals surface area contributed by atoms with Gasteiger partial charge < -0.3 is 10.6 Å². The van der Waals surface area contributed by atoms with Crippen LogP contribution in [0.25, 0.3) is 5.65 Å². The number of nitrogens with one attached hydrogen (secondary N) is 2. The van der Waals surface area contributed by atoms with Gasteiger partial charge in [0, 0.05) is 25.7 Å². The van der Waals surface area contributed by atoms with Gasteiger partial charge in [-0.15, -0.1) is 34.2 Å². The highest BCUT2D eigenvalue weighted by Gasteiger charge is 2.04. The summed E-state index contributed by atoms with van der Waals surface area (Å²) in [4.78, 5) is 4.67. The highest BCUT2D eigenvalue weighted by Crippen LogP contribution is 2.06. The molecular weight excluding hydrogens is 451 g/mol. The summed E-state index contributed by atoms with van der Waals surface area (Å²) in [5, 5.41) is 15.2. The molecule has 0 aliphatic heterocycles. The zero-order chi connectivity index (χ0) is 18.2. The van der Waals surface area contributed by atoms with E-state index in [0.29, 0.717) is 6.54 Å². The van der Waals surface area contributed by atoms with Crippen LogP contribution in [0.2, 0.25) is 0 Å². The average molecular weight is 478 g/mol. The van der Waals surface area contributed by atoms with Crippen LogP contribution < -0.4 is 10.6 Å². The standard InChI is InChI=1S/C20H26N6.HI/c1-3-21-20(23-15-17-9-6-8-16(2)14-17)22-12-7-11-19-25-24-18-10-4-5-13-26(18)19;/h4-6,8-10,13-14H,3,7,11-12,15H2,1-2H3,(H2,21,22,23);1H. The Labute approximate surface area is 177 Å². The van der Waals surface area contributed by atoms with E-state index in [0.717, 1.165) is 43.4 Å². The van der Waals surface area contributed by atoms with Crippen molar-refractivity contribution in [1.82, 2.24) is 25.2 Å². The van der Waals surface area contributed by atoms with Crippen molar-refractivity contribution in [2.75, 3.05) is 13.1 Å². The Kier molecular flexibility index (Phi) is 8.50. The van der Waals surface area contributed by atoms with Crippen LogP contribution in [-0.4, -0.2) is 33.6 Å². The fourth-order valence-corrected chi connectivity index (χ4v) is 2.84. The summed E-state index contributed by atoms with van der Waals surface area (Å²) in [6, 6.07) is 14.4. The Bertz CT molecular complexity index is 874. The number of benzene rings is 1. The lowest BCUT2D eigenvalue weighted by Crippen LogP contribution is -2.37. The second kappa shape index (κ2) is 10.9. The first-order valence-electron chi connectivity index (χ1n) is 9.12. The first-order chi connectivity index (χ1) is 12.8. The fourth-order valence-electron chi connectivity index (χ4n) is 2.84. The minimum atomic E-state index is 0. The summed E-state index contributed by atoms with van der Waals surface area (Å²) in [6.07, 6.45) is 3.84. The zero-order valence-corrected chi connectivity index (χ0v) is 18.2. The Balaban J connectivity index is 0.00000261. The summed E-state index contributed by atoms with van der Waals surface area (Å²) in [6.45, 7) is 6.53. The summed E-state index contributed by atoms with van der Waals surface area (Å²) < 4.78 is 2.04. The molecule has 0 unspecified atom stereocenters. The number of halogens is 1. The number of fused-ring (bicyclic) bond motifs is 1. The molecule has 2 aromatic heterocycles. The maximum atomic E-state index is 4.67. The van der Waals surface area contributed by atoms with Crippen molar-refractivity contribution in [2.45, 2.75) is 33.2 Å². The van der Waals surface area contributed by atoms with Crippen LogP contribution in [0.5, 0.6) is 0 Å². The molecule has 0 saturated carbocycles. The molecule has 0 amide bonds. The van der Waals surface area contributed by atoms with Gasteiger partial charge in [0.2, 0.25) is 0 Å². The number of nitrogens with zero attached hydrogens (tertiary/aromatic N) is 4. The van der Waals surface area contributed by atoms with Crippen LogP contribution in [0, 0.1) is 6.92 Å². The van der Waals surface area contributed by atoms with E-state index in [1.807, 2.05) is 28.8 Å². The number of pyridine rings is 1. The molecule has 144 valence electrons. The molecule has 0 aliphatic rings. The first kappa shape index (κ1) is 21.1. The highest BCUT2D eigenvalue weighted by atomic mass is 127. The molecule has 7 heteroatoms. The largest absolute Gasteiger partial charge is 0.357 e. The minimum absolute atomic E-state index is 0. The molecule has 6 nitrogen and oxygen atoms in total. The first-order valence-corrected chi connectivity index (χ1v) is 9.12. The van der Waals surface area contributed by atoms with Gasteiger partial charge in [-0.25, -0.2) is 4.99 Å². The number of aliphatic imine (C=N–C) groups is 1. The van der Waals surface area contributed by atoms with Crippen LogP contribution in [0.15, 0.2) is 53.7 Å². The van der Waals surface area contributed by atoms with E-state index in [1.54, 1.807) is 0 Å². The van der Waals surface area contributed by atoms with E-state index < -0.39 is 0 Å². The van der Waals surface area contributed by atoms with Gasteiger partial charge in [0.25, 0.3) is 0 Å². The van der Waals surface area contributed by atoms with Crippen LogP contribution >= 0.6 is 24.0 Å². The lowest BCUT2D eigenvalue weighted by Gasteiger charge is -2.11. The number of rotatable bonds is 7. The van der Waals surface area contributed by atoms with Crippen molar-refractivity contribution in [3.8, 4) is 0 Å². The molecule has 2 N–H and O–H groups in total. The van der Waals surface area contributed by atoms with Crippen LogP contribution in [0.1, 0.15) is 30.3 Å². The van der Waals surface area contributed by atoms with E-state index in [1.165, 1.54) is 11.1 Å².